The van der Waals surface area contributed by atoms with Gasteiger partial charge in [-0.3, -0.25) is 4.79 Å². The number of nitrogens with zero attached hydrogens (tertiary/aromatic N) is 1. The summed E-state index contributed by atoms with van der Waals surface area (Å²) in [6, 6.07) is 1.71. The van der Waals surface area contributed by atoms with Gasteiger partial charge >= 0.3 is 0 Å². The summed E-state index contributed by atoms with van der Waals surface area (Å²) in [5.74, 6) is 6.47. The molecule has 18 heavy (non-hydrogen) atoms. The van der Waals surface area contributed by atoms with Crippen LogP contribution in [0.3, 0.4) is 0 Å². The molecule has 1 heterocycles. The van der Waals surface area contributed by atoms with E-state index < -0.39 is 0 Å². The standard InChI is InChI=1S/C12H17BrN4O/c13-9-6-10(11(17-14)16-7-9)12(18)15-5-1-2-8-3-4-8/h6-8H,1-5,14H2,(H,15,18)(H,16,17). The summed E-state index contributed by atoms with van der Waals surface area (Å²) in [7, 11) is 0. The lowest BCUT2D eigenvalue weighted by Gasteiger charge is -2.09. The van der Waals surface area contributed by atoms with E-state index in [1.165, 1.54) is 19.3 Å². The summed E-state index contributed by atoms with van der Waals surface area (Å²) in [6.07, 6.45) is 6.54. The number of rotatable bonds is 6. The summed E-state index contributed by atoms with van der Waals surface area (Å²) in [5.41, 5.74) is 2.89. The highest BCUT2D eigenvalue weighted by Crippen LogP contribution is 2.33. The fraction of sp³-hybridized carbons (Fsp3) is 0.500. The van der Waals surface area contributed by atoms with Gasteiger partial charge in [-0.15, -0.1) is 0 Å². The van der Waals surface area contributed by atoms with E-state index in [0.717, 1.165) is 16.8 Å². The van der Waals surface area contributed by atoms with Crippen LogP contribution >= 0.6 is 15.9 Å². The molecule has 0 spiro atoms. The van der Waals surface area contributed by atoms with Crippen molar-refractivity contribution in [3.05, 3.63) is 22.3 Å². The van der Waals surface area contributed by atoms with Gasteiger partial charge in [0.2, 0.25) is 0 Å². The second-order valence-electron chi connectivity index (χ2n) is 4.54. The number of hydrazine groups is 1. The molecule has 4 N–H and O–H groups in total. The maximum absolute atomic E-state index is 12.0. The first-order valence-corrected chi connectivity index (χ1v) is 6.90. The molecule has 0 bridgehead atoms. The average Bonchev–Trinajstić information content (AvgIpc) is 3.18. The third kappa shape index (κ3) is 3.68. The molecule has 1 saturated carbocycles. The molecule has 0 saturated heterocycles. The van der Waals surface area contributed by atoms with Crippen molar-refractivity contribution in [1.29, 1.82) is 0 Å². The molecule has 1 fully saturated rings. The van der Waals surface area contributed by atoms with Crippen molar-refractivity contribution < 1.29 is 4.79 Å². The number of hydrogen-bond donors (Lipinski definition) is 3. The SMILES string of the molecule is NNc1ncc(Br)cc1C(=O)NCCCC1CC1. The van der Waals surface area contributed by atoms with Crippen LogP contribution < -0.4 is 16.6 Å². The zero-order valence-electron chi connectivity index (χ0n) is 10.1. The molecule has 1 aromatic heterocycles. The number of halogens is 1. The van der Waals surface area contributed by atoms with E-state index in [1.807, 2.05) is 0 Å². The van der Waals surface area contributed by atoms with E-state index in [0.29, 0.717) is 17.9 Å². The van der Waals surface area contributed by atoms with Gasteiger partial charge < -0.3 is 10.7 Å². The maximum atomic E-state index is 12.0. The molecule has 6 heteroatoms. The number of hydrogen-bond acceptors (Lipinski definition) is 4. The normalized spacial score (nSPS) is 14.3. The number of carbonyl (C=O) groups excluding carboxylic acids is 1. The first-order valence-electron chi connectivity index (χ1n) is 6.11. The number of carbonyl (C=O) groups is 1. The van der Waals surface area contributed by atoms with Crippen LogP contribution in [0.2, 0.25) is 0 Å². The van der Waals surface area contributed by atoms with Gasteiger partial charge in [0.25, 0.3) is 5.91 Å². The Bertz CT molecular complexity index is 434. The summed E-state index contributed by atoms with van der Waals surface area (Å²) >= 11 is 3.29. The van der Waals surface area contributed by atoms with E-state index in [-0.39, 0.29) is 5.91 Å². The Morgan fingerprint density at radius 3 is 3.00 bits per heavy atom. The van der Waals surface area contributed by atoms with Gasteiger partial charge in [0, 0.05) is 17.2 Å². The second kappa shape index (κ2) is 6.15. The number of nitrogens with two attached hydrogens (primary N) is 1. The van der Waals surface area contributed by atoms with Crippen molar-refractivity contribution in [2.24, 2.45) is 11.8 Å². The molecule has 5 nitrogen and oxygen atoms in total. The molecule has 1 aromatic rings. The van der Waals surface area contributed by atoms with Crippen LogP contribution in [0.1, 0.15) is 36.0 Å². The Balaban J connectivity index is 1.88. The van der Waals surface area contributed by atoms with Crippen molar-refractivity contribution >= 4 is 27.7 Å². The highest BCUT2D eigenvalue weighted by Gasteiger charge is 2.20. The first kappa shape index (κ1) is 13.3. The van der Waals surface area contributed by atoms with Gasteiger partial charge in [0.05, 0.1) is 5.56 Å². The molecule has 0 aromatic carbocycles. The lowest BCUT2D eigenvalue weighted by Crippen LogP contribution is -2.26. The van der Waals surface area contributed by atoms with Crippen LogP contribution in [0, 0.1) is 5.92 Å². The highest BCUT2D eigenvalue weighted by molar-refractivity contribution is 9.10. The van der Waals surface area contributed by atoms with E-state index in [9.17, 15) is 4.79 Å². The van der Waals surface area contributed by atoms with Crippen molar-refractivity contribution in [2.45, 2.75) is 25.7 Å². The summed E-state index contributed by atoms with van der Waals surface area (Å²) in [5, 5.41) is 2.89. The molecular formula is C12H17BrN4O. The van der Waals surface area contributed by atoms with Crippen LogP contribution in [0.15, 0.2) is 16.7 Å². The van der Waals surface area contributed by atoms with Gasteiger partial charge in [0.15, 0.2) is 5.82 Å². The minimum Gasteiger partial charge on any atom is -0.352 e. The van der Waals surface area contributed by atoms with Crippen LogP contribution in [-0.4, -0.2) is 17.4 Å². The summed E-state index contributed by atoms with van der Waals surface area (Å²) in [4.78, 5) is 16.0. The molecule has 0 unspecified atom stereocenters. The Kier molecular flexibility index (Phi) is 4.54. The van der Waals surface area contributed by atoms with Gasteiger partial charge in [-0.05, 0) is 40.8 Å². The predicted octanol–water partition coefficient (Wildman–Crippen LogP) is 2.05. The molecule has 0 radical (unpaired) electrons. The first-order chi connectivity index (χ1) is 8.70. The molecule has 0 atom stereocenters. The lowest BCUT2D eigenvalue weighted by molar-refractivity contribution is 0.0953. The molecule has 1 aliphatic carbocycles. The number of aromatic nitrogens is 1. The number of nitrogens with one attached hydrogen (secondary N) is 2. The summed E-state index contributed by atoms with van der Waals surface area (Å²) < 4.78 is 0.754. The fourth-order valence-corrected chi connectivity index (χ4v) is 2.15. The van der Waals surface area contributed by atoms with E-state index in [4.69, 9.17) is 5.84 Å². The van der Waals surface area contributed by atoms with Gasteiger partial charge in [-0.25, -0.2) is 10.8 Å². The van der Waals surface area contributed by atoms with Crippen molar-refractivity contribution in [1.82, 2.24) is 10.3 Å². The van der Waals surface area contributed by atoms with Crippen LogP contribution in [-0.2, 0) is 0 Å². The zero-order chi connectivity index (χ0) is 13.0. The summed E-state index contributed by atoms with van der Waals surface area (Å²) in [6.45, 7) is 0.700. The molecule has 98 valence electrons. The Hall–Kier alpha value is -1.14. The van der Waals surface area contributed by atoms with Crippen molar-refractivity contribution in [3.8, 4) is 0 Å². The van der Waals surface area contributed by atoms with Crippen molar-refractivity contribution in [2.75, 3.05) is 12.0 Å². The number of pyridine rings is 1. The average molecular weight is 313 g/mol. The monoisotopic (exact) mass is 312 g/mol. The maximum Gasteiger partial charge on any atom is 0.255 e. The van der Waals surface area contributed by atoms with E-state index in [2.05, 4.69) is 31.7 Å². The molecule has 2 rings (SSSR count). The fourth-order valence-electron chi connectivity index (χ4n) is 1.82. The van der Waals surface area contributed by atoms with E-state index in [1.54, 1.807) is 12.3 Å². The van der Waals surface area contributed by atoms with E-state index >= 15 is 0 Å². The minimum absolute atomic E-state index is 0.146. The van der Waals surface area contributed by atoms with Gasteiger partial charge in [-0.1, -0.05) is 12.8 Å². The second-order valence-corrected chi connectivity index (χ2v) is 5.45. The zero-order valence-corrected chi connectivity index (χ0v) is 11.7. The topological polar surface area (TPSA) is 80.0 Å². The molecule has 1 aliphatic rings. The smallest absolute Gasteiger partial charge is 0.255 e. The predicted molar refractivity (Wildman–Crippen MR) is 74.0 cm³/mol. The molecular weight excluding hydrogens is 296 g/mol. The number of nitrogen functional groups attached to an aromatic ring is 1. The quantitative estimate of drug-likeness (QED) is 0.427. The minimum atomic E-state index is -0.146. The Labute approximate surface area is 115 Å². The van der Waals surface area contributed by atoms with Crippen LogP contribution in [0.4, 0.5) is 5.82 Å². The number of anilines is 1. The lowest BCUT2D eigenvalue weighted by atomic mass is 10.2. The number of amides is 1. The van der Waals surface area contributed by atoms with Gasteiger partial charge in [0.1, 0.15) is 0 Å². The Morgan fingerprint density at radius 1 is 1.56 bits per heavy atom. The van der Waals surface area contributed by atoms with Crippen LogP contribution in [0.5, 0.6) is 0 Å². The van der Waals surface area contributed by atoms with Crippen molar-refractivity contribution in [3.63, 3.8) is 0 Å². The van der Waals surface area contributed by atoms with Gasteiger partial charge in [-0.2, -0.15) is 0 Å². The largest absolute Gasteiger partial charge is 0.352 e. The molecule has 0 aliphatic heterocycles. The third-order valence-electron chi connectivity index (χ3n) is 3.01. The third-order valence-corrected chi connectivity index (χ3v) is 3.44. The Morgan fingerprint density at radius 2 is 2.33 bits per heavy atom. The van der Waals surface area contributed by atoms with Crippen LogP contribution in [0.25, 0.3) is 0 Å². The highest BCUT2D eigenvalue weighted by atomic mass is 79.9. The molecule has 1 amide bonds.